The Bertz CT molecular complexity index is 984. The van der Waals surface area contributed by atoms with Crippen molar-refractivity contribution < 1.29 is 9.53 Å². The van der Waals surface area contributed by atoms with Gasteiger partial charge in [-0.15, -0.1) is 0 Å². The van der Waals surface area contributed by atoms with Crippen LogP contribution in [0.5, 0.6) is 5.75 Å². The van der Waals surface area contributed by atoms with E-state index < -0.39 is 0 Å². The van der Waals surface area contributed by atoms with E-state index in [4.69, 9.17) is 4.74 Å². The van der Waals surface area contributed by atoms with Crippen molar-refractivity contribution in [2.24, 2.45) is 5.92 Å². The number of fused-ring (bicyclic) bond motifs is 1. The van der Waals surface area contributed by atoms with Gasteiger partial charge in [0.1, 0.15) is 5.75 Å². The summed E-state index contributed by atoms with van der Waals surface area (Å²) in [5.74, 6) is 1.99. The van der Waals surface area contributed by atoms with Crippen LogP contribution in [0.4, 0.5) is 0 Å². The zero-order valence-corrected chi connectivity index (χ0v) is 18.1. The number of rotatable bonds is 8. The Balaban J connectivity index is 1.45. The Morgan fingerprint density at radius 2 is 1.80 bits per heavy atom. The van der Waals surface area contributed by atoms with E-state index in [0.717, 1.165) is 44.6 Å². The normalized spacial score (nSPS) is 15.7. The number of aryl methyl sites for hydroxylation is 1. The van der Waals surface area contributed by atoms with Gasteiger partial charge >= 0.3 is 0 Å². The Kier molecular flexibility index (Phi) is 6.53. The summed E-state index contributed by atoms with van der Waals surface area (Å²) < 4.78 is 7.61. The third kappa shape index (κ3) is 4.59. The highest BCUT2D eigenvalue weighted by molar-refractivity contribution is 5.84. The fourth-order valence-corrected chi connectivity index (χ4v) is 4.63. The number of benzene rings is 2. The molecule has 0 bridgehead atoms. The second kappa shape index (κ2) is 9.48. The number of carbonyl (C=O) groups is 1. The first kappa shape index (κ1) is 20.7. The Morgan fingerprint density at radius 3 is 2.57 bits per heavy atom. The maximum atomic E-state index is 10.8. The van der Waals surface area contributed by atoms with Gasteiger partial charge < -0.3 is 9.30 Å². The highest BCUT2D eigenvalue weighted by Gasteiger charge is 2.24. The summed E-state index contributed by atoms with van der Waals surface area (Å²) in [5, 5.41) is 1.42. The first-order chi connectivity index (χ1) is 14.7. The van der Waals surface area contributed by atoms with E-state index in [0.29, 0.717) is 24.1 Å². The number of ether oxygens (including phenoxy) is 1. The van der Waals surface area contributed by atoms with Gasteiger partial charge in [-0.25, -0.2) is 0 Å². The first-order valence-corrected chi connectivity index (χ1v) is 11.1. The summed E-state index contributed by atoms with van der Waals surface area (Å²) >= 11 is 0. The minimum atomic E-state index is 0.514. The van der Waals surface area contributed by atoms with E-state index in [1.807, 2.05) is 24.3 Å². The molecule has 0 saturated carbocycles. The molecule has 3 aromatic rings. The maximum absolute atomic E-state index is 10.8. The second-order valence-corrected chi connectivity index (χ2v) is 8.85. The summed E-state index contributed by atoms with van der Waals surface area (Å²) in [7, 11) is 0. The van der Waals surface area contributed by atoms with Gasteiger partial charge in [-0.2, -0.15) is 0 Å². The summed E-state index contributed by atoms with van der Waals surface area (Å²) in [6.07, 6.45) is 5.95. The van der Waals surface area contributed by atoms with Gasteiger partial charge in [-0.05, 0) is 61.9 Å². The SMILES string of the molecule is CC(C)CCn1cc(C2CCN(Cc3ccccc3OC=O)CC2)c2ccccc21. The van der Waals surface area contributed by atoms with Crippen LogP contribution in [0.25, 0.3) is 10.9 Å². The molecule has 0 spiro atoms. The molecule has 0 amide bonds. The van der Waals surface area contributed by atoms with Crippen LogP contribution >= 0.6 is 0 Å². The molecule has 158 valence electrons. The van der Waals surface area contributed by atoms with Crippen molar-refractivity contribution in [3.8, 4) is 5.75 Å². The highest BCUT2D eigenvalue weighted by Crippen LogP contribution is 2.35. The number of piperidine rings is 1. The van der Waals surface area contributed by atoms with Crippen LogP contribution in [0.1, 0.15) is 50.2 Å². The zero-order chi connectivity index (χ0) is 20.9. The number of aromatic nitrogens is 1. The molecule has 4 heteroatoms. The lowest BCUT2D eigenvalue weighted by Gasteiger charge is -2.32. The van der Waals surface area contributed by atoms with Crippen molar-refractivity contribution in [1.29, 1.82) is 0 Å². The minimum Gasteiger partial charge on any atom is -0.428 e. The second-order valence-electron chi connectivity index (χ2n) is 8.85. The molecular weight excluding hydrogens is 372 g/mol. The Labute approximate surface area is 179 Å². The third-order valence-corrected chi connectivity index (χ3v) is 6.34. The summed E-state index contributed by atoms with van der Waals surface area (Å²) in [4.78, 5) is 13.2. The van der Waals surface area contributed by atoms with E-state index in [1.165, 1.54) is 22.9 Å². The van der Waals surface area contributed by atoms with Crippen LogP contribution in [0.15, 0.2) is 54.7 Å². The summed E-state index contributed by atoms with van der Waals surface area (Å²) in [6.45, 7) is 9.13. The van der Waals surface area contributed by atoms with Gasteiger partial charge in [0.15, 0.2) is 0 Å². The van der Waals surface area contributed by atoms with Crippen LogP contribution in [0.3, 0.4) is 0 Å². The summed E-state index contributed by atoms with van der Waals surface area (Å²) in [6, 6.07) is 16.7. The van der Waals surface area contributed by atoms with E-state index in [1.54, 1.807) is 0 Å². The molecule has 0 atom stereocenters. The molecule has 1 aromatic heterocycles. The van der Waals surface area contributed by atoms with Crippen LogP contribution in [-0.4, -0.2) is 29.0 Å². The molecular formula is C26H32N2O2. The van der Waals surface area contributed by atoms with E-state index in [-0.39, 0.29) is 0 Å². The van der Waals surface area contributed by atoms with Crippen molar-refractivity contribution in [2.45, 2.75) is 52.1 Å². The lowest BCUT2D eigenvalue weighted by atomic mass is 9.89. The quantitative estimate of drug-likeness (QED) is 0.458. The van der Waals surface area contributed by atoms with Gasteiger partial charge in [0.25, 0.3) is 6.47 Å². The Hall–Kier alpha value is -2.59. The van der Waals surface area contributed by atoms with Crippen molar-refractivity contribution in [2.75, 3.05) is 13.1 Å². The monoisotopic (exact) mass is 404 g/mol. The molecule has 0 radical (unpaired) electrons. The third-order valence-electron chi connectivity index (χ3n) is 6.34. The van der Waals surface area contributed by atoms with E-state index in [9.17, 15) is 4.79 Å². The standard InChI is InChI=1S/C26H32N2O2/c1-20(2)11-16-28-18-24(23-8-4-5-9-25(23)28)21-12-14-27(15-13-21)17-22-7-3-6-10-26(22)30-19-29/h3-10,18-21H,11-17H2,1-2H3. The molecule has 4 rings (SSSR count). The molecule has 1 saturated heterocycles. The predicted molar refractivity (Wildman–Crippen MR) is 122 cm³/mol. The van der Waals surface area contributed by atoms with Crippen LogP contribution in [0.2, 0.25) is 0 Å². The number of hydrogen-bond donors (Lipinski definition) is 0. The molecule has 1 aliphatic heterocycles. The van der Waals surface area contributed by atoms with Crippen LogP contribution in [0, 0.1) is 5.92 Å². The average Bonchev–Trinajstić information content (AvgIpc) is 3.13. The molecule has 0 unspecified atom stereocenters. The molecule has 1 aliphatic rings. The molecule has 0 N–H and O–H groups in total. The molecule has 30 heavy (non-hydrogen) atoms. The lowest BCUT2D eigenvalue weighted by molar-refractivity contribution is -0.120. The fraction of sp³-hybridized carbons (Fsp3) is 0.423. The smallest absolute Gasteiger partial charge is 0.298 e. The van der Waals surface area contributed by atoms with Crippen molar-refractivity contribution in [3.05, 3.63) is 65.9 Å². The maximum Gasteiger partial charge on any atom is 0.298 e. The van der Waals surface area contributed by atoms with Gasteiger partial charge in [0.2, 0.25) is 0 Å². The zero-order valence-electron chi connectivity index (χ0n) is 18.1. The predicted octanol–water partition coefficient (Wildman–Crippen LogP) is 5.60. The van der Waals surface area contributed by atoms with E-state index >= 15 is 0 Å². The van der Waals surface area contributed by atoms with Gasteiger partial charge in [0, 0.05) is 35.8 Å². The van der Waals surface area contributed by atoms with Crippen LogP contribution < -0.4 is 4.74 Å². The molecule has 1 fully saturated rings. The highest BCUT2D eigenvalue weighted by atomic mass is 16.5. The van der Waals surface area contributed by atoms with Crippen molar-refractivity contribution >= 4 is 17.4 Å². The molecule has 4 nitrogen and oxygen atoms in total. The lowest BCUT2D eigenvalue weighted by Crippen LogP contribution is -2.32. The van der Waals surface area contributed by atoms with Crippen molar-refractivity contribution in [3.63, 3.8) is 0 Å². The number of hydrogen-bond acceptors (Lipinski definition) is 3. The molecule has 0 aliphatic carbocycles. The van der Waals surface area contributed by atoms with Gasteiger partial charge in [-0.1, -0.05) is 50.2 Å². The van der Waals surface area contributed by atoms with Gasteiger partial charge in [-0.3, -0.25) is 9.69 Å². The van der Waals surface area contributed by atoms with E-state index in [2.05, 4.69) is 53.8 Å². The van der Waals surface area contributed by atoms with Crippen molar-refractivity contribution in [1.82, 2.24) is 9.47 Å². The minimum absolute atomic E-state index is 0.514. The van der Waals surface area contributed by atoms with Crippen LogP contribution in [-0.2, 0) is 17.9 Å². The molecule has 2 heterocycles. The number of para-hydroxylation sites is 2. The topological polar surface area (TPSA) is 34.5 Å². The Morgan fingerprint density at radius 1 is 1.07 bits per heavy atom. The fourth-order valence-electron chi connectivity index (χ4n) is 4.63. The largest absolute Gasteiger partial charge is 0.428 e. The van der Waals surface area contributed by atoms with Gasteiger partial charge in [0.05, 0.1) is 0 Å². The number of carbonyl (C=O) groups excluding carboxylic acids is 1. The number of likely N-dealkylation sites (tertiary alicyclic amines) is 1. The first-order valence-electron chi connectivity index (χ1n) is 11.1. The summed E-state index contributed by atoms with van der Waals surface area (Å²) in [5.41, 5.74) is 3.96. The average molecular weight is 405 g/mol. The molecule has 2 aromatic carbocycles. The number of nitrogens with zero attached hydrogens (tertiary/aromatic N) is 2.